The first-order valence-corrected chi connectivity index (χ1v) is 6.94. The van der Waals surface area contributed by atoms with Crippen LogP contribution in [0.5, 0.6) is 0 Å². The van der Waals surface area contributed by atoms with Crippen LogP contribution in [0.2, 0.25) is 0 Å². The third-order valence-electron chi connectivity index (χ3n) is 3.70. The van der Waals surface area contributed by atoms with Gasteiger partial charge in [-0.15, -0.1) is 0 Å². The van der Waals surface area contributed by atoms with Crippen LogP contribution in [-0.2, 0) is 4.79 Å². The van der Waals surface area contributed by atoms with E-state index in [0.717, 1.165) is 0 Å². The van der Waals surface area contributed by atoms with E-state index >= 15 is 0 Å². The molecule has 0 bridgehead atoms. The number of nitrogens with zero attached hydrogens (tertiary/aromatic N) is 2. The standard InChI is InChI=1S/C15H21N3O2/c1-12(16-2)14(19)17-8-10-18(11-9-17)15(20)13-6-4-3-5-7-13/h3-7,12,16H,8-11H2,1-2H3. The van der Waals surface area contributed by atoms with Gasteiger partial charge in [0.05, 0.1) is 6.04 Å². The van der Waals surface area contributed by atoms with Crippen LogP contribution in [0.4, 0.5) is 0 Å². The number of carbonyl (C=O) groups excluding carboxylic acids is 2. The molecule has 1 aromatic carbocycles. The highest BCUT2D eigenvalue weighted by atomic mass is 16.2. The zero-order valence-electron chi connectivity index (χ0n) is 12.0. The number of hydrogen-bond donors (Lipinski definition) is 1. The zero-order chi connectivity index (χ0) is 14.5. The van der Waals surface area contributed by atoms with Gasteiger partial charge in [0.1, 0.15) is 0 Å². The van der Waals surface area contributed by atoms with Gasteiger partial charge < -0.3 is 15.1 Å². The summed E-state index contributed by atoms with van der Waals surface area (Å²) in [6.07, 6.45) is 0. The molecule has 5 heteroatoms. The number of piperazine rings is 1. The Morgan fingerprint density at radius 2 is 1.60 bits per heavy atom. The summed E-state index contributed by atoms with van der Waals surface area (Å²) in [6, 6.07) is 9.09. The Labute approximate surface area is 119 Å². The minimum Gasteiger partial charge on any atom is -0.338 e. The van der Waals surface area contributed by atoms with E-state index in [1.54, 1.807) is 7.05 Å². The van der Waals surface area contributed by atoms with Gasteiger partial charge in [-0.2, -0.15) is 0 Å². The highest BCUT2D eigenvalue weighted by Gasteiger charge is 2.26. The van der Waals surface area contributed by atoms with E-state index in [2.05, 4.69) is 5.32 Å². The van der Waals surface area contributed by atoms with Crippen LogP contribution in [0.25, 0.3) is 0 Å². The topological polar surface area (TPSA) is 52.7 Å². The molecule has 1 atom stereocenters. The molecule has 1 heterocycles. The Kier molecular flexibility index (Phi) is 4.74. The quantitative estimate of drug-likeness (QED) is 0.878. The van der Waals surface area contributed by atoms with Gasteiger partial charge in [0, 0.05) is 31.7 Å². The lowest BCUT2D eigenvalue weighted by Gasteiger charge is -2.36. The van der Waals surface area contributed by atoms with Gasteiger partial charge >= 0.3 is 0 Å². The third-order valence-corrected chi connectivity index (χ3v) is 3.70. The summed E-state index contributed by atoms with van der Waals surface area (Å²) in [5.74, 6) is 0.138. The van der Waals surface area contributed by atoms with Crippen molar-refractivity contribution in [1.82, 2.24) is 15.1 Å². The van der Waals surface area contributed by atoms with Gasteiger partial charge in [-0.1, -0.05) is 18.2 Å². The van der Waals surface area contributed by atoms with E-state index < -0.39 is 0 Å². The molecular weight excluding hydrogens is 254 g/mol. The fourth-order valence-corrected chi connectivity index (χ4v) is 2.29. The molecule has 1 aliphatic rings. The molecule has 0 spiro atoms. The number of likely N-dealkylation sites (N-methyl/N-ethyl adjacent to an activating group) is 1. The van der Waals surface area contributed by atoms with Gasteiger partial charge in [0.25, 0.3) is 5.91 Å². The van der Waals surface area contributed by atoms with Crippen LogP contribution >= 0.6 is 0 Å². The Morgan fingerprint density at radius 1 is 1.05 bits per heavy atom. The predicted molar refractivity (Wildman–Crippen MR) is 77.4 cm³/mol. The summed E-state index contributed by atoms with van der Waals surface area (Å²) in [6.45, 7) is 4.24. The third kappa shape index (κ3) is 3.17. The average molecular weight is 275 g/mol. The highest BCUT2D eigenvalue weighted by Crippen LogP contribution is 2.09. The number of hydrogen-bond acceptors (Lipinski definition) is 3. The zero-order valence-corrected chi connectivity index (χ0v) is 12.0. The van der Waals surface area contributed by atoms with Gasteiger partial charge in [-0.25, -0.2) is 0 Å². The first kappa shape index (κ1) is 14.5. The minimum absolute atomic E-state index is 0.0411. The monoisotopic (exact) mass is 275 g/mol. The lowest BCUT2D eigenvalue weighted by atomic mass is 10.1. The molecule has 1 N–H and O–H groups in total. The molecule has 1 aromatic rings. The van der Waals surface area contributed by atoms with E-state index in [-0.39, 0.29) is 17.9 Å². The number of carbonyl (C=O) groups is 2. The SMILES string of the molecule is CNC(C)C(=O)N1CCN(C(=O)c2ccccc2)CC1. The van der Waals surface area contributed by atoms with E-state index in [4.69, 9.17) is 0 Å². The minimum atomic E-state index is -0.175. The normalized spacial score (nSPS) is 16.9. The van der Waals surface area contributed by atoms with Crippen LogP contribution in [0, 0.1) is 0 Å². The maximum Gasteiger partial charge on any atom is 0.253 e. The molecule has 2 rings (SSSR count). The van der Waals surface area contributed by atoms with Crippen molar-refractivity contribution in [1.29, 1.82) is 0 Å². The molecule has 1 fully saturated rings. The molecule has 0 aliphatic carbocycles. The van der Waals surface area contributed by atoms with Crippen molar-refractivity contribution in [3.05, 3.63) is 35.9 Å². The van der Waals surface area contributed by atoms with E-state index in [1.807, 2.05) is 47.1 Å². The molecule has 0 saturated carbocycles. The summed E-state index contributed by atoms with van der Waals surface area (Å²) < 4.78 is 0. The van der Waals surface area contributed by atoms with Crippen molar-refractivity contribution in [3.63, 3.8) is 0 Å². The van der Waals surface area contributed by atoms with Crippen LogP contribution in [0.15, 0.2) is 30.3 Å². The van der Waals surface area contributed by atoms with Crippen molar-refractivity contribution in [2.45, 2.75) is 13.0 Å². The van der Waals surface area contributed by atoms with Crippen molar-refractivity contribution < 1.29 is 9.59 Å². The molecular formula is C15H21N3O2. The molecule has 1 saturated heterocycles. The largest absolute Gasteiger partial charge is 0.338 e. The molecule has 108 valence electrons. The van der Waals surface area contributed by atoms with Crippen LogP contribution in [-0.4, -0.2) is 60.9 Å². The second kappa shape index (κ2) is 6.52. The lowest BCUT2D eigenvalue weighted by molar-refractivity contribution is -0.134. The first-order valence-electron chi connectivity index (χ1n) is 6.94. The lowest BCUT2D eigenvalue weighted by Crippen LogP contribution is -2.54. The van der Waals surface area contributed by atoms with Crippen molar-refractivity contribution in [3.8, 4) is 0 Å². The number of nitrogens with one attached hydrogen (secondary N) is 1. The van der Waals surface area contributed by atoms with E-state index in [9.17, 15) is 9.59 Å². The maximum absolute atomic E-state index is 12.3. The van der Waals surface area contributed by atoms with Crippen molar-refractivity contribution in [2.24, 2.45) is 0 Å². The van der Waals surface area contributed by atoms with Crippen molar-refractivity contribution in [2.75, 3.05) is 33.2 Å². The van der Waals surface area contributed by atoms with Gasteiger partial charge in [-0.3, -0.25) is 9.59 Å². The highest BCUT2D eigenvalue weighted by molar-refractivity contribution is 5.94. The van der Waals surface area contributed by atoms with Gasteiger partial charge in [-0.05, 0) is 26.1 Å². The first-order chi connectivity index (χ1) is 9.63. The molecule has 0 aromatic heterocycles. The van der Waals surface area contributed by atoms with Crippen LogP contribution in [0.3, 0.4) is 0 Å². The smallest absolute Gasteiger partial charge is 0.253 e. The number of benzene rings is 1. The van der Waals surface area contributed by atoms with Crippen LogP contribution < -0.4 is 5.32 Å². The molecule has 2 amide bonds. The summed E-state index contributed by atoms with van der Waals surface area (Å²) >= 11 is 0. The van der Waals surface area contributed by atoms with Crippen LogP contribution in [0.1, 0.15) is 17.3 Å². The van der Waals surface area contributed by atoms with Gasteiger partial charge in [0.15, 0.2) is 0 Å². The molecule has 1 unspecified atom stereocenters. The Morgan fingerprint density at radius 3 is 2.15 bits per heavy atom. The Bertz CT molecular complexity index is 467. The van der Waals surface area contributed by atoms with E-state index in [1.165, 1.54) is 0 Å². The summed E-state index contributed by atoms with van der Waals surface area (Å²) in [5.41, 5.74) is 0.705. The molecule has 1 aliphatic heterocycles. The summed E-state index contributed by atoms with van der Waals surface area (Å²) in [4.78, 5) is 27.9. The summed E-state index contributed by atoms with van der Waals surface area (Å²) in [5, 5.41) is 2.95. The maximum atomic E-state index is 12.3. The summed E-state index contributed by atoms with van der Waals surface area (Å²) in [7, 11) is 1.78. The molecule has 5 nitrogen and oxygen atoms in total. The Hall–Kier alpha value is -1.88. The second-order valence-corrected chi connectivity index (χ2v) is 4.99. The van der Waals surface area contributed by atoms with E-state index in [0.29, 0.717) is 31.7 Å². The van der Waals surface area contributed by atoms with Gasteiger partial charge in [0.2, 0.25) is 5.91 Å². The molecule has 0 radical (unpaired) electrons. The number of rotatable bonds is 3. The Balaban J connectivity index is 1.92. The average Bonchev–Trinajstić information content (AvgIpc) is 2.53. The fraction of sp³-hybridized carbons (Fsp3) is 0.467. The fourth-order valence-electron chi connectivity index (χ4n) is 2.29. The number of amides is 2. The molecule has 20 heavy (non-hydrogen) atoms. The second-order valence-electron chi connectivity index (χ2n) is 4.99. The predicted octanol–water partition coefficient (Wildman–Crippen LogP) is 0.579. The van der Waals surface area contributed by atoms with Crippen molar-refractivity contribution >= 4 is 11.8 Å².